The van der Waals surface area contributed by atoms with E-state index in [1.807, 2.05) is 0 Å². The molecule has 0 aromatic heterocycles. The highest BCUT2D eigenvalue weighted by atomic mass is 16.2. The maximum Gasteiger partial charge on any atom is 0.222 e. The molecule has 0 heterocycles. The molecule has 0 spiro atoms. The summed E-state index contributed by atoms with van der Waals surface area (Å²) in [5.41, 5.74) is 2.58. The lowest BCUT2D eigenvalue weighted by Crippen LogP contribution is -2.24. The van der Waals surface area contributed by atoms with Gasteiger partial charge in [-0.05, 0) is 32.4 Å². The summed E-state index contributed by atoms with van der Waals surface area (Å²) in [6.07, 6.45) is 1.49. The van der Waals surface area contributed by atoms with Crippen molar-refractivity contribution < 1.29 is 4.79 Å². The van der Waals surface area contributed by atoms with E-state index in [0.29, 0.717) is 12.5 Å². The Kier molecular flexibility index (Phi) is 5.86. The molecule has 1 aromatic carbocycles. The van der Waals surface area contributed by atoms with Gasteiger partial charge in [0.1, 0.15) is 0 Å². The maximum atomic E-state index is 11.4. The van der Waals surface area contributed by atoms with E-state index in [-0.39, 0.29) is 5.91 Å². The summed E-state index contributed by atoms with van der Waals surface area (Å²) in [7, 11) is 3.59. The molecule has 0 aliphatic heterocycles. The van der Waals surface area contributed by atoms with Crippen molar-refractivity contribution in [3.05, 3.63) is 35.4 Å². The molecule has 0 saturated carbocycles. The van der Waals surface area contributed by atoms with Crippen LogP contribution in [0.15, 0.2) is 24.3 Å². The van der Waals surface area contributed by atoms with Crippen molar-refractivity contribution >= 4 is 5.91 Å². The average Bonchev–Trinajstić information content (AvgIpc) is 2.33. The van der Waals surface area contributed by atoms with Gasteiger partial charge in [0.15, 0.2) is 0 Å². The van der Waals surface area contributed by atoms with Gasteiger partial charge >= 0.3 is 0 Å². The third-order valence-electron chi connectivity index (χ3n) is 3.06. The number of aryl methyl sites for hydroxylation is 1. The zero-order valence-electron chi connectivity index (χ0n) is 11.9. The first-order valence-electron chi connectivity index (χ1n) is 6.51. The number of nitrogens with zero attached hydrogens (tertiary/aromatic N) is 1. The van der Waals surface area contributed by atoms with Crippen molar-refractivity contribution in [2.75, 3.05) is 20.6 Å². The fourth-order valence-corrected chi connectivity index (χ4v) is 1.84. The van der Waals surface area contributed by atoms with Crippen LogP contribution in [0.2, 0.25) is 0 Å². The zero-order chi connectivity index (χ0) is 13.5. The van der Waals surface area contributed by atoms with E-state index in [4.69, 9.17) is 0 Å². The van der Waals surface area contributed by atoms with Gasteiger partial charge in [-0.3, -0.25) is 4.79 Å². The molecule has 0 aliphatic rings. The molecule has 1 rings (SSSR count). The van der Waals surface area contributed by atoms with Crippen LogP contribution in [0.3, 0.4) is 0 Å². The lowest BCUT2D eigenvalue weighted by Gasteiger charge is -2.15. The Morgan fingerprint density at radius 3 is 2.72 bits per heavy atom. The molecule has 1 N–H and O–H groups in total. The second-order valence-corrected chi connectivity index (χ2v) is 4.98. The molecule has 0 fully saturated rings. The lowest BCUT2D eigenvalue weighted by molar-refractivity contribution is -0.128. The minimum absolute atomic E-state index is 0.194. The predicted molar refractivity (Wildman–Crippen MR) is 75.5 cm³/mol. The molecule has 0 unspecified atom stereocenters. The molecule has 18 heavy (non-hydrogen) atoms. The van der Waals surface area contributed by atoms with E-state index < -0.39 is 0 Å². The fourth-order valence-electron chi connectivity index (χ4n) is 1.84. The van der Waals surface area contributed by atoms with Gasteiger partial charge in [0, 0.05) is 26.6 Å². The standard InChI is InChI=1S/C15H24N2O/c1-12-7-5-8-14(11-12)13(2)16-10-6-9-15(18)17(3)4/h5,7-8,11,13,16H,6,9-10H2,1-4H3/t13-/m0/s1. The number of amides is 1. The van der Waals surface area contributed by atoms with Gasteiger partial charge in [0.25, 0.3) is 0 Å². The van der Waals surface area contributed by atoms with Crippen LogP contribution in [0.1, 0.15) is 36.9 Å². The van der Waals surface area contributed by atoms with Crippen LogP contribution >= 0.6 is 0 Å². The topological polar surface area (TPSA) is 32.3 Å². The van der Waals surface area contributed by atoms with E-state index in [2.05, 4.69) is 43.4 Å². The summed E-state index contributed by atoms with van der Waals surface area (Å²) in [6, 6.07) is 8.85. The number of nitrogens with one attached hydrogen (secondary N) is 1. The molecule has 3 nitrogen and oxygen atoms in total. The zero-order valence-corrected chi connectivity index (χ0v) is 11.9. The van der Waals surface area contributed by atoms with Gasteiger partial charge < -0.3 is 10.2 Å². The summed E-state index contributed by atoms with van der Waals surface area (Å²) < 4.78 is 0. The number of carbonyl (C=O) groups excluding carboxylic acids is 1. The molecule has 100 valence electrons. The molecule has 0 bridgehead atoms. The summed E-state index contributed by atoms with van der Waals surface area (Å²) in [6.45, 7) is 5.13. The van der Waals surface area contributed by atoms with Crippen molar-refractivity contribution in [3.63, 3.8) is 0 Å². The van der Waals surface area contributed by atoms with Gasteiger partial charge in [-0.2, -0.15) is 0 Å². The van der Waals surface area contributed by atoms with Crippen LogP contribution in [0.25, 0.3) is 0 Å². The van der Waals surface area contributed by atoms with E-state index in [1.54, 1.807) is 19.0 Å². The van der Waals surface area contributed by atoms with Gasteiger partial charge in [-0.25, -0.2) is 0 Å². The Balaban J connectivity index is 2.29. The minimum atomic E-state index is 0.194. The fraction of sp³-hybridized carbons (Fsp3) is 0.533. The number of rotatable bonds is 6. The monoisotopic (exact) mass is 248 g/mol. The van der Waals surface area contributed by atoms with Crippen molar-refractivity contribution in [1.29, 1.82) is 0 Å². The molecular weight excluding hydrogens is 224 g/mol. The SMILES string of the molecule is Cc1cccc([C@H](C)NCCCC(=O)N(C)C)c1. The van der Waals surface area contributed by atoms with Crippen LogP contribution in [0, 0.1) is 6.92 Å². The maximum absolute atomic E-state index is 11.4. The molecule has 0 saturated heterocycles. The molecule has 0 radical (unpaired) electrons. The highest BCUT2D eigenvalue weighted by Gasteiger charge is 2.06. The third kappa shape index (κ3) is 4.88. The molecule has 1 aromatic rings. The number of hydrogen-bond acceptors (Lipinski definition) is 2. The van der Waals surface area contributed by atoms with E-state index in [1.165, 1.54) is 11.1 Å². The normalized spacial score (nSPS) is 12.2. The molecular formula is C15H24N2O. The van der Waals surface area contributed by atoms with Crippen molar-refractivity contribution in [2.45, 2.75) is 32.7 Å². The predicted octanol–water partition coefficient (Wildman–Crippen LogP) is 2.51. The smallest absolute Gasteiger partial charge is 0.222 e. The first kappa shape index (κ1) is 14.7. The largest absolute Gasteiger partial charge is 0.349 e. The summed E-state index contributed by atoms with van der Waals surface area (Å²) in [4.78, 5) is 13.0. The average molecular weight is 248 g/mol. The first-order valence-corrected chi connectivity index (χ1v) is 6.51. The van der Waals surface area contributed by atoms with Crippen molar-refractivity contribution in [2.24, 2.45) is 0 Å². The molecule has 1 atom stereocenters. The van der Waals surface area contributed by atoms with Gasteiger partial charge in [0.05, 0.1) is 0 Å². The van der Waals surface area contributed by atoms with Crippen LogP contribution in [0.4, 0.5) is 0 Å². The highest BCUT2D eigenvalue weighted by molar-refractivity contribution is 5.75. The third-order valence-corrected chi connectivity index (χ3v) is 3.06. The van der Waals surface area contributed by atoms with E-state index in [9.17, 15) is 4.79 Å². The van der Waals surface area contributed by atoms with Crippen molar-refractivity contribution in [1.82, 2.24) is 10.2 Å². The van der Waals surface area contributed by atoms with Crippen LogP contribution in [-0.4, -0.2) is 31.4 Å². The van der Waals surface area contributed by atoms with E-state index in [0.717, 1.165) is 13.0 Å². The highest BCUT2D eigenvalue weighted by Crippen LogP contribution is 2.13. The Hall–Kier alpha value is -1.35. The van der Waals surface area contributed by atoms with Crippen LogP contribution in [-0.2, 0) is 4.79 Å². The van der Waals surface area contributed by atoms with Gasteiger partial charge in [0.2, 0.25) is 5.91 Å². The van der Waals surface area contributed by atoms with Crippen molar-refractivity contribution in [3.8, 4) is 0 Å². The summed E-state index contributed by atoms with van der Waals surface area (Å²) in [5.74, 6) is 0.194. The second kappa shape index (κ2) is 7.17. The number of carbonyl (C=O) groups is 1. The number of hydrogen-bond donors (Lipinski definition) is 1. The van der Waals surface area contributed by atoms with Crippen LogP contribution in [0.5, 0.6) is 0 Å². The molecule has 1 amide bonds. The quantitative estimate of drug-likeness (QED) is 0.785. The summed E-state index contributed by atoms with van der Waals surface area (Å²) >= 11 is 0. The Morgan fingerprint density at radius 1 is 1.39 bits per heavy atom. The second-order valence-electron chi connectivity index (χ2n) is 4.98. The lowest BCUT2D eigenvalue weighted by atomic mass is 10.1. The molecule has 0 aliphatic carbocycles. The van der Waals surface area contributed by atoms with Gasteiger partial charge in [-0.15, -0.1) is 0 Å². The Bertz CT molecular complexity index is 388. The minimum Gasteiger partial charge on any atom is -0.349 e. The Morgan fingerprint density at radius 2 is 2.11 bits per heavy atom. The van der Waals surface area contributed by atoms with Gasteiger partial charge in [-0.1, -0.05) is 29.8 Å². The van der Waals surface area contributed by atoms with Crippen LogP contribution < -0.4 is 5.32 Å². The summed E-state index contributed by atoms with van der Waals surface area (Å²) in [5, 5.41) is 3.45. The number of benzene rings is 1. The Labute approximate surface area is 110 Å². The van der Waals surface area contributed by atoms with E-state index >= 15 is 0 Å². The molecule has 3 heteroatoms. The first-order chi connectivity index (χ1) is 8.50.